The van der Waals surface area contributed by atoms with Crippen molar-refractivity contribution in [1.29, 1.82) is 5.41 Å². The van der Waals surface area contributed by atoms with E-state index in [1.807, 2.05) is 0 Å². The Bertz CT molecular complexity index is 482. The number of hydrogen-bond acceptors (Lipinski definition) is 5. The van der Waals surface area contributed by atoms with E-state index >= 15 is 0 Å². The summed E-state index contributed by atoms with van der Waals surface area (Å²) in [5, 5.41) is 8.82. The van der Waals surface area contributed by atoms with Crippen molar-refractivity contribution in [3.8, 4) is 0 Å². The van der Waals surface area contributed by atoms with Crippen LogP contribution in [0.25, 0.3) is 0 Å². The molecule has 16 heavy (non-hydrogen) atoms. The molecule has 0 aliphatic rings. The number of nitrogens with zero attached hydrogens (tertiary/aromatic N) is 3. The summed E-state index contributed by atoms with van der Waals surface area (Å²) < 4.78 is 0. The van der Waals surface area contributed by atoms with Gasteiger partial charge in [-0.1, -0.05) is 0 Å². The first kappa shape index (κ1) is 10.6. The van der Waals surface area contributed by atoms with Crippen molar-refractivity contribution in [1.82, 2.24) is 15.0 Å². The zero-order valence-electron chi connectivity index (χ0n) is 8.29. The predicted octanol–water partition coefficient (Wildman–Crippen LogP) is 1.31. The van der Waals surface area contributed by atoms with Crippen LogP contribution in [0.1, 0.15) is 5.56 Å². The van der Waals surface area contributed by atoms with Crippen LogP contribution in [0.4, 0.5) is 0 Å². The summed E-state index contributed by atoms with van der Waals surface area (Å²) in [5.74, 6) is 0.0172. The largest absolute Gasteiger partial charge is 0.384 e. The highest BCUT2D eigenvalue weighted by atomic mass is 32.2. The van der Waals surface area contributed by atoms with Crippen LogP contribution in [-0.4, -0.2) is 20.8 Å². The van der Waals surface area contributed by atoms with Gasteiger partial charge < -0.3 is 5.73 Å². The molecular weight excluding hydrogens is 222 g/mol. The van der Waals surface area contributed by atoms with Crippen LogP contribution in [-0.2, 0) is 0 Å². The Kier molecular flexibility index (Phi) is 3.11. The van der Waals surface area contributed by atoms with E-state index in [1.165, 1.54) is 11.8 Å². The zero-order valence-corrected chi connectivity index (χ0v) is 9.11. The molecule has 0 unspecified atom stereocenters. The van der Waals surface area contributed by atoms with Crippen LogP contribution in [0.2, 0.25) is 0 Å². The summed E-state index contributed by atoms with van der Waals surface area (Å²) >= 11 is 1.41. The molecule has 0 saturated carbocycles. The number of pyridine rings is 1. The van der Waals surface area contributed by atoms with E-state index in [2.05, 4.69) is 15.0 Å². The maximum Gasteiger partial charge on any atom is 0.124 e. The Labute approximate surface area is 96.7 Å². The van der Waals surface area contributed by atoms with Gasteiger partial charge in [0.2, 0.25) is 0 Å². The highest BCUT2D eigenvalue weighted by Gasteiger charge is 2.01. The van der Waals surface area contributed by atoms with E-state index in [-0.39, 0.29) is 5.84 Å². The number of amidine groups is 1. The lowest BCUT2D eigenvalue weighted by Crippen LogP contribution is -2.10. The molecule has 2 aromatic rings. The molecule has 0 aliphatic carbocycles. The second-order valence-electron chi connectivity index (χ2n) is 2.94. The third-order valence-corrected chi connectivity index (χ3v) is 2.67. The number of nitrogens with two attached hydrogens (primary N) is 1. The van der Waals surface area contributed by atoms with E-state index < -0.39 is 0 Å². The minimum Gasteiger partial charge on any atom is -0.384 e. The van der Waals surface area contributed by atoms with Gasteiger partial charge in [0.05, 0.1) is 6.20 Å². The minimum atomic E-state index is 0.0172. The fourth-order valence-electron chi connectivity index (χ4n) is 1.05. The lowest BCUT2D eigenvalue weighted by atomic mass is 10.3. The Morgan fingerprint density at radius 2 is 2.00 bits per heavy atom. The van der Waals surface area contributed by atoms with Gasteiger partial charge in [-0.15, -0.1) is 0 Å². The number of rotatable bonds is 3. The molecule has 80 valence electrons. The monoisotopic (exact) mass is 231 g/mol. The molecule has 0 saturated heterocycles. The summed E-state index contributed by atoms with van der Waals surface area (Å²) in [7, 11) is 0. The molecule has 0 aromatic carbocycles. The third-order valence-electron chi connectivity index (χ3n) is 1.80. The second kappa shape index (κ2) is 4.71. The van der Waals surface area contributed by atoms with Gasteiger partial charge in [-0.25, -0.2) is 9.97 Å². The molecule has 2 aromatic heterocycles. The molecule has 0 spiro atoms. The standard InChI is InChI=1S/C10H9N5S/c11-10(12)7-1-2-8(15-5-7)16-9-6-13-3-4-14-9/h1-6H,(H3,11,12). The Morgan fingerprint density at radius 3 is 2.56 bits per heavy atom. The molecule has 3 N–H and O–H groups in total. The summed E-state index contributed by atoms with van der Waals surface area (Å²) in [5.41, 5.74) is 5.94. The van der Waals surface area contributed by atoms with Gasteiger partial charge in [0.15, 0.2) is 0 Å². The van der Waals surface area contributed by atoms with Crippen molar-refractivity contribution >= 4 is 17.6 Å². The molecule has 5 nitrogen and oxygen atoms in total. The summed E-state index contributed by atoms with van der Waals surface area (Å²) in [4.78, 5) is 12.3. The van der Waals surface area contributed by atoms with Gasteiger partial charge in [-0.05, 0) is 23.9 Å². The normalized spacial score (nSPS) is 10.0. The van der Waals surface area contributed by atoms with Crippen molar-refractivity contribution in [2.45, 2.75) is 10.1 Å². The maximum absolute atomic E-state index is 7.24. The third kappa shape index (κ3) is 2.54. The smallest absolute Gasteiger partial charge is 0.124 e. The van der Waals surface area contributed by atoms with Crippen molar-refractivity contribution in [3.63, 3.8) is 0 Å². The Morgan fingerprint density at radius 1 is 1.12 bits per heavy atom. The highest BCUT2D eigenvalue weighted by Crippen LogP contribution is 2.22. The summed E-state index contributed by atoms with van der Waals surface area (Å²) in [6, 6.07) is 3.56. The molecule has 2 rings (SSSR count). The number of nitrogens with one attached hydrogen (secondary N) is 1. The van der Waals surface area contributed by atoms with Gasteiger partial charge in [0, 0.05) is 24.2 Å². The average molecular weight is 231 g/mol. The van der Waals surface area contributed by atoms with Crippen LogP contribution < -0.4 is 5.73 Å². The zero-order chi connectivity index (χ0) is 11.4. The molecule has 0 radical (unpaired) electrons. The van der Waals surface area contributed by atoms with Gasteiger partial charge in [0.25, 0.3) is 0 Å². The first-order valence-corrected chi connectivity index (χ1v) is 5.31. The first-order chi connectivity index (χ1) is 7.75. The Hall–Kier alpha value is -1.95. The molecule has 2 heterocycles. The van der Waals surface area contributed by atoms with Crippen molar-refractivity contribution in [3.05, 3.63) is 42.5 Å². The molecule has 0 fully saturated rings. The van der Waals surface area contributed by atoms with Crippen LogP contribution in [0, 0.1) is 5.41 Å². The summed E-state index contributed by atoms with van der Waals surface area (Å²) in [6.07, 6.45) is 6.49. The molecule has 0 atom stereocenters. The van der Waals surface area contributed by atoms with Gasteiger partial charge in [-0.2, -0.15) is 0 Å². The first-order valence-electron chi connectivity index (χ1n) is 4.50. The average Bonchev–Trinajstić information content (AvgIpc) is 2.31. The van der Waals surface area contributed by atoms with Gasteiger partial charge in [-0.3, -0.25) is 10.4 Å². The maximum atomic E-state index is 7.24. The number of nitrogen functional groups attached to an aromatic ring is 1. The number of aromatic nitrogens is 3. The molecule has 0 bridgehead atoms. The van der Waals surface area contributed by atoms with E-state index in [0.717, 1.165) is 10.1 Å². The van der Waals surface area contributed by atoms with E-state index in [1.54, 1.807) is 36.9 Å². The summed E-state index contributed by atoms with van der Waals surface area (Å²) in [6.45, 7) is 0. The van der Waals surface area contributed by atoms with E-state index in [4.69, 9.17) is 11.1 Å². The fourth-order valence-corrected chi connectivity index (χ4v) is 1.73. The molecule has 6 heteroatoms. The lowest BCUT2D eigenvalue weighted by Gasteiger charge is -2.00. The van der Waals surface area contributed by atoms with Gasteiger partial charge >= 0.3 is 0 Å². The lowest BCUT2D eigenvalue weighted by molar-refractivity contribution is 1.04. The number of hydrogen-bond donors (Lipinski definition) is 2. The Balaban J connectivity index is 2.14. The van der Waals surface area contributed by atoms with Crippen LogP contribution in [0.5, 0.6) is 0 Å². The SMILES string of the molecule is N=C(N)c1ccc(Sc2cnccn2)nc1. The fraction of sp³-hybridized carbons (Fsp3) is 0. The molecular formula is C10H9N5S. The second-order valence-corrected chi connectivity index (χ2v) is 3.99. The predicted molar refractivity (Wildman–Crippen MR) is 61.4 cm³/mol. The van der Waals surface area contributed by atoms with Crippen LogP contribution >= 0.6 is 11.8 Å². The van der Waals surface area contributed by atoms with E-state index in [0.29, 0.717) is 5.56 Å². The highest BCUT2D eigenvalue weighted by molar-refractivity contribution is 7.99. The minimum absolute atomic E-state index is 0.0172. The van der Waals surface area contributed by atoms with Crippen molar-refractivity contribution in [2.24, 2.45) is 5.73 Å². The van der Waals surface area contributed by atoms with Crippen LogP contribution in [0.15, 0.2) is 47.0 Å². The van der Waals surface area contributed by atoms with Crippen molar-refractivity contribution < 1.29 is 0 Å². The van der Waals surface area contributed by atoms with Crippen LogP contribution in [0.3, 0.4) is 0 Å². The molecule has 0 aliphatic heterocycles. The van der Waals surface area contributed by atoms with E-state index in [9.17, 15) is 0 Å². The topological polar surface area (TPSA) is 88.5 Å². The quantitative estimate of drug-likeness (QED) is 0.614. The molecule has 0 amide bonds. The van der Waals surface area contributed by atoms with Gasteiger partial charge in [0.1, 0.15) is 15.9 Å². The van der Waals surface area contributed by atoms with Crippen molar-refractivity contribution in [2.75, 3.05) is 0 Å².